The van der Waals surface area contributed by atoms with Gasteiger partial charge in [-0.25, -0.2) is 4.39 Å². The van der Waals surface area contributed by atoms with E-state index < -0.39 is 34.6 Å². The molecule has 7 heteroatoms. The van der Waals surface area contributed by atoms with E-state index in [1.807, 2.05) is 0 Å². The molecule has 108 valence electrons. The molecule has 21 heavy (non-hydrogen) atoms. The molecular formula is C14H9F2NO4. The van der Waals surface area contributed by atoms with Gasteiger partial charge in [-0.3, -0.25) is 14.9 Å². The van der Waals surface area contributed by atoms with Gasteiger partial charge in [0.05, 0.1) is 4.92 Å². The van der Waals surface area contributed by atoms with E-state index in [1.165, 1.54) is 24.3 Å². The Morgan fingerprint density at radius 2 is 1.95 bits per heavy atom. The Hall–Kier alpha value is -2.83. The molecule has 0 spiro atoms. The first-order valence-electron chi connectivity index (χ1n) is 5.83. The van der Waals surface area contributed by atoms with Crippen LogP contribution < -0.4 is 4.74 Å². The largest absolute Gasteiger partial charge is 0.485 e. The molecule has 0 aliphatic rings. The van der Waals surface area contributed by atoms with Crippen LogP contribution in [0.25, 0.3) is 0 Å². The van der Waals surface area contributed by atoms with Gasteiger partial charge in [-0.1, -0.05) is 12.1 Å². The van der Waals surface area contributed by atoms with Crippen molar-refractivity contribution in [1.29, 1.82) is 0 Å². The Morgan fingerprint density at radius 3 is 2.57 bits per heavy atom. The number of nitro groups is 1. The molecule has 0 unspecified atom stereocenters. The van der Waals surface area contributed by atoms with Gasteiger partial charge in [-0.2, -0.15) is 4.39 Å². The van der Waals surface area contributed by atoms with Crippen LogP contribution in [0.2, 0.25) is 0 Å². The summed E-state index contributed by atoms with van der Waals surface area (Å²) < 4.78 is 31.3. The summed E-state index contributed by atoms with van der Waals surface area (Å²) in [7, 11) is 0. The number of carbonyl (C=O) groups excluding carboxylic acids is 1. The van der Waals surface area contributed by atoms with Crippen molar-refractivity contribution in [2.24, 2.45) is 0 Å². The van der Waals surface area contributed by atoms with Gasteiger partial charge < -0.3 is 4.74 Å². The Morgan fingerprint density at radius 1 is 1.19 bits per heavy atom. The van der Waals surface area contributed by atoms with Crippen LogP contribution in [0.3, 0.4) is 0 Å². The fourth-order valence-electron chi connectivity index (χ4n) is 1.62. The highest BCUT2D eigenvalue weighted by Crippen LogP contribution is 2.22. The smallest absolute Gasteiger partial charge is 0.305 e. The summed E-state index contributed by atoms with van der Waals surface area (Å²) in [5, 5.41) is 10.5. The summed E-state index contributed by atoms with van der Waals surface area (Å²) in [6.07, 6.45) is 0. The normalized spacial score (nSPS) is 10.2. The first-order chi connectivity index (χ1) is 9.97. The molecule has 2 aromatic rings. The molecule has 0 bridgehead atoms. The Kier molecular flexibility index (Phi) is 4.22. The molecule has 0 atom stereocenters. The third-order valence-electron chi connectivity index (χ3n) is 2.63. The minimum absolute atomic E-state index is 0.0251. The molecule has 0 aliphatic carbocycles. The van der Waals surface area contributed by atoms with Crippen LogP contribution in [-0.4, -0.2) is 17.3 Å². The average molecular weight is 293 g/mol. The summed E-state index contributed by atoms with van der Waals surface area (Å²) in [6.45, 7) is -0.430. The van der Waals surface area contributed by atoms with Gasteiger partial charge in [0.2, 0.25) is 5.82 Å². The number of nitrogens with zero attached hydrogens (tertiary/aromatic N) is 1. The lowest BCUT2D eigenvalue weighted by molar-refractivity contribution is -0.387. The highest BCUT2D eigenvalue weighted by atomic mass is 19.1. The van der Waals surface area contributed by atoms with Crippen LogP contribution in [-0.2, 0) is 0 Å². The number of benzene rings is 2. The Balaban J connectivity index is 2.05. The Bertz CT molecular complexity index is 703. The van der Waals surface area contributed by atoms with Crippen LogP contribution in [0, 0.1) is 21.7 Å². The van der Waals surface area contributed by atoms with E-state index in [1.54, 1.807) is 0 Å². The minimum atomic E-state index is -1.06. The van der Waals surface area contributed by atoms with E-state index in [9.17, 15) is 23.7 Å². The SMILES string of the molecule is O=C(COc1ccc([N+](=O)[O-])c(F)c1)c1cccc(F)c1. The van der Waals surface area contributed by atoms with Crippen LogP contribution in [0.4, 0.5) is 14.5 Å². The molecule has 0 aliphatic heterocycles. The molecule has 0 aromatic heterocycles. The fourth-order valence-corrected chi connectivity index (χ4v) is 1.62. The quantitative estimate of drug-likeness (QED) is 0.482. The Labute approximate surface area is 117 Å². The van der Waals surface area contributed by atoms with Gasteiger partial charge >= 0.3 is 5.69 Å². The molecule has 0 radical (unpaired) electrons. The lowest BCUT2D eigenvalue weighted by Crippen LogP contribution is -2.12. The van der Waals surface area contributed by atoms with Crippen molar-refractivity contribution in [2.75, 3.05) is 6.61 Å². The van der Waals surface area contributed by atoms with Crippen molar-refractivity contribution in [3.63, 3.8) is 0 Å². The van der Waals surface area contributed by atoms with Crippen molar-refractivity contribution in [2.45, 2.75) is 0 Å². The van der Waals surface area contributed by atoms with Gasteiger partial charge in [-0.05, 0) is 18.2 Å². The van der Waals surface area contributed by atoms with Crippen molar-refractivity contribution in [3.05, 3.63) is 69.8 Å². The number of hydrogen-bond donors (Lipinski definition) is 0. The fraction of sp³-hybridized carbons (Fsp3) is 0.0714. The summed E-state index contributed by atoms with van der Waals surface area (Å²) >= 11 is 0. The second-order valence-electron chi connectivity index (χ2n) is 4.09. The number of rotatable bonds is 5. The summed E-state index contributed by atoms with van der Waals surface area (Å²) in [4.78, 5) is 21.3. The summed E-state index contributed by atoms with van der Waals surface area (Å²) in [6, 6.07) is 8.00. The van der Waals surface area contributed by atoms with Crippen molar-refractivity contribution >= 4 is 11.5 Å². The summed E-state index contributed by atoms with van der Waals surface area (Å²) in [5.74, 6) is -2.13. The van der Waals surface area contributed by atoms with Crippen molar-refractivity contribution in [3.8, 4) is 5.75 Å². The van der Waals surface area contributed by atoms with Crippen molar-refractivity contribution in [1.82, 2.24) is 0 Å². The third-order valence-corrected chi connectivity index (χ3v) is 2.63. The molecule has 0 N–H and O–H groups in total. The first kappa shape index (κ1) is 14.6. The van der Waals surface area contributed by atoms with Gasteiger partial charge in [0.1, 0.15) is 11.6 Å². The zero-order valence-corrected chi connectivity index (χ0v) is 10.6. The second-order valence-corrected chi connectivity index (χ2v) is 4.09. The molecular weight excluding hydrogens is 284 g/mol. The minimum Gasteiger partial charge on any atom is -0.485 e. The lowest BCUT2D eigenvalue weighted by Gasteiger charge is -2.06. The van der Waals surface area contributed by atoms with E-state index in [0.717, 1.165) is 18.2 Å². The highest BCUT2D eigenvalue weighted by Gasteiger charge is 2.15. The van der Waals surface area contributed by atoms with E-state index in [4.69, 9.17) is 4.74 Å². The molecule has 5 nitrogen and oxygen atoms in total. The number of nitro benzene ring substituents is 1. The van der Waals surface area contributed by atoms with Gasteiger partial charge in [0, 0.05) is 17.7 Å². The number of ether oxygens (including phenoxy) is 1. The first-order valence-corrected chi connectivity index (χ1v) is 5.83. The number of Topliss-reactive ketones (excluding diaryl/α,β-unsaturated/α-hetero) is 1. The molecule has 2 aromatic carbocycles. The average Bonchev–Trinajstić information content (AvgIpc) is 2.44. The van der Waals surface area contributed by atoms with E-state index in [2.05, 4.69) is 0 Å². The van der Waals surface area contributed by atoms with Gasteiger partial charge in [-0.15, -0.1) is 0 Å². The summed E-state index contributed by atoms with van der Waals surface area (Å²) in [5.41, 5.74) is -0.559. The van der Waals surface area contributed by atoms with Crippen LogP contribution in [0.1, 0.15) is 10.4 Å². The maximum atomic E-state index is 13.3. The third kappa shape index (κ3) is 3.59. The van der Waals surface area contributed by atoms with Gasteiger partial charge in [0.25, 0.3) is 0 Å². The maximum absolute atomic E-state index is 13.3. The highest BCUT2D eigenvalue weighted by molar-refractivity contribution is 5.97. The maximum Gasteiger partial charge on any atom is 0.305 e. The predicted octanol–water partition coefficient (Wildman–Crippen LogP) is 3.13. The molecule has 0 fully saturated rings. The zero-order valence-electron chi connectivity index (χ0n) is 10.6. The van der Waals surface area contributed by atoms with E-state index in [0.29, 0.717) is 0 Å². The van der Waals surface area contributed by atoms with Crippen LogP contribution >= 0.6 is 0 Å². The zero-order chi connectivity index (χ0) is 15.4. The predicted molar refractivity (Wildman–Crippen MR) is 69.3 cm³/mol. The van der Waals surface area contributed by atoms with Crippen LogP contribution in [0.5, 0.6) is 5.75 Å². The number of ketones is 1. The molecule has 0 heterocycles. The van der Waals surface area contributed by atoms with Gasteiger partial charge in [0.15, 0.2) is 12.4 Å². The van der Waals surface area contributed by atoms with E-state index >= 15 is 0 Å². The molecule has 2 rings (SSSR count). The molecule has 0 saturated carbocycles. The lowest BCUT2D eigenvalue weighted by atomic mass is 10.1. The molecule has 0 saturated heterocycles. The van der Waals surface area contributed by atoms with E-state index in [-0.39, 0.29) is 11.3 Å². The molecule has 0 amide bonds. The topological polar surface area (TPSA) is 69.4 Å². The number of halogens is 2. The number of carbonyl (C=O) groups is 1. The second kappa shape index (κ2) is 6.08. The monoisotopic (exact) mass is 293 g/mol. The standard InChI is InChI=1S/C14H9F2NO4/c15-10-3-1-2-9(6-10)14(18)8-21-11-4-5-13(17(19)20)12(16)7-11/h1-7H,8H2. The van der Waals surface area contributed by atoms with Crippen molar-refractivity contribution < 1.29 is 23.2 Å². The van der Waals surface area contributed by atoms with Crippen LogP contribution in [0.15, 0.2) is 42.5 Å². The number of hydrogen-bond acceptors (Lipinski definition) is 4.